The standard InChI is InChI=1S/C11H21N3S2.HI/c1-11(3-2-6-16-11)9-13-10(12)14-4-7-15-8-5-14;/h2-9H2,1H3,(H2,12,13);1H. The summed E-state index contributed by atoms with van der Waals surface area (Å²) in [5.41, 5.74) is 6.04. The SMILES string of the molecule is CC1(CN=C(N)N2CCSCC2)CCCS1.I. The van der Waals surface area contributed by atoms with Gasteiger partial charge >= 0.3 is 0 Å². The minimum absolute atomic E-state index is 0. The molecule has 0 radical (unpaired) electrons. The highest BCUT2D eigenvalue weighted by molar-refractivity contribution is 14.0. The average molecular weight is 387 g/mol. The Balaban J connectivity index is 0.00000144. The van der Waals surface area contributed by atoms with E-state index in [0.29, 0.717) is 4.75 Å². The van der Waals surface area contributed by atoms with Crippen molar-refractivity contribution in [1.82, 2.24) is 4.90 Å². The Labute approximate surface area is 130 Å². The van der Waals surface area contributed by atoms with Gasteiger partial charge in [-0.1, -0.05) is 0 Å². The number of guanidine groups is 1. The zero-order chi connectivity index (χ0) is 11.4. The topological polar surface area (TPSA) is 41.6 Å². The van der Waals surface area contributed by atoms with E-state index in [9.17, 15) is 0 Å². The molecule has 0 bridgehead atoms. The minimum Gasteiger partial charge on any atom is -0.370 e. The van der Waals surface area contributed by atoms with Gasteiger partial charge in [-0.15, -0.1) is 24.0 Å². The molecular formula is C11H22IN3S2. The Morgan fingerprint density at radius 2 is 2.06 bits per heavy atom. The van der Waals surface area contributed by atoms with Gasteiger partial charge in [0.2, 0.25) is 0 Å². The molecule has 2 aliphatic heterocycles. The van der Waals surface area contributed by atoms with Crippen molar-refractivity contribution in [2.75, 3.05) is 36.9 Å². The lowest BCUT2D eigenvalue weighted by atomic mass is 10.1. The highest BCUT2D eigenvalue weighted by Gasteiger charge is 2.29. The first-order valence-corrected chi connectivity index (χ1v) is 8.10. The van der Waals surface area contributed by atoms with Crippen molar-refractivity contribution in [1.29, 1.82) is 0 Å². The van der Waals surface area contributed by atoms with Gasteiger partial charge in [0.05, 0.1) is 6.54 Å². The predicted octanol–water partition coefficient (Wildman–Crippen LogP) is 2.25. The summed E-state index contributed by atoms with van der Waals surface area (Å²) in [5, 5.41) is 0. The van der Waals surface area contributed by atoms with Gasteiger partial charge in [0.25, 0.3) is 0 Å². The first-order chi connectivity index (χ1) is 7.70. The molecule has 0 amide bonds. The second-order valence-electron chi connectivity index (χ2n) is 4.68. The fourth-order valence-electron chi connectivity index (χ4n) is 2.10. The number of nitrogens with two attached hydrogens (primary N) is 1. The van der Waals surface area contributed by atoms with Crippen LogP contribution in [0.5, 0.6) is 0 Å². The number of thioether (sulfide) groups is 2. The Morgan fingerprint density at radius 1 is 1.35 bits per heavy atom. The third-order valence-electron chi connectivity index (χ3n) is 3.21. The summed E-state index contributed by atoms with van der Waals surface area (Å²) in [6, 6.07) is 0. The zero-order valence-electron chi connectivity index (χ0n) is 10.4. The van der Waals surface area contributed by atoms with Gasteiger partial charge in [0.1, 0.15) is 0 Å². The van der Waals surface area contributed by atoms with E-state index in [4.69, 9.17) is 5.73 Å². The third kappa shape index (κ3) is 4.70. The lowest BCUT2D eigenvalue weighted by Crippen LogP contribution is -2.43. The maximum absolute atomic E-state index is 6.04. The maximum Gasteiger partial charge on any atom is 0.191 e. The summed E-state index contributed by atoms with van der Waals surface area (Å²) in [7, 11) is 0. The zero-order valence-corrected chi connectivity index (χ0v) is 14.3. The summed E-state index contributed by atoms with van der Waals surface area (Å²) in [6.45, 7) is 5.31. The van der Waals surface area contributed by atoms with E-state index in [-0.39, 0.29) is 24.0 Å². The monoisotopic (exact) mass is 387 g/mol. The van der Waals surface area contributed by atoms with E-state index >= 15 is 0 Å². The second-order valence-corrected chi connectivity index (χ2v) is 7.58. The summed E-state index contributed by atoms with van der Waals surface area (Å²) in [5.74, 6) is 4.41. The number of rotatable bonds is 2. The lowest BCUT2D eigenvalue weighted by Gasteiger charge is -2.28. The largest absolute Gasteiger partial charge is 0.370 e. The molecule has 100 valence electrons. The average Bonchev–Trinajstić information content (AvgIpc) is 2.75. The summed E-state index contributed by atoms with van der Waals surface area (Å²) in [6.07, 6.45) is 2.61. The first kappa shape index (κ1) is 15.8. The number of halogens is 1. The molecule has 0 aromatic heterocycles. The van der Waals surface area contributed by atoms with Crippen LogP contribution in [0.2, 0.25) is 0 Å². The fourth-order valence-corrected chi connectivity index (χ4v) is 4.23. The molecule has 0 aromatic carbocycles. The molecule has 1 unspecified atom stereocenters. The van der Waals surface area contributed by atoms with Crippen molar-refractivity contribution in [3.05, 3.63) is 0 Å². The molecule has 0 spiro atoms. The van der Waals surface area contributed by atoms with Gasteiger partial charge in [0.15, 0.2) is 5.96 Å². The van der Waals surface area contributed by atoms with Gasteiger partial charge in [-0.25, -0.2) is 0 Å². The Hall–Kier alpha value is 0.700. The molecule has 3 nitrogen and oxygen atoms in total. The van der Waals surface area contributed by atoms with Crippen LogP contribution < -0.4 is 5.73 Å². The molecule has 0 saturated carbocycles. The molecule has 2 N–H and O–H groups in total. The van der Waals surface area contributed by atoms with Gasteiger partial charge in [-0.2, -0.15) is 23.5 Å². The lowest BCUT2D eigenvalue weighted by molar-refractivity contribution is 0.453. The van der Waals surface area contributed by atoms with Crippen LogP contribution in [0.3, 0.4) is 0 Å². The third-order valence-corrected chi connectivity index (χ3v) is 5.68. The van der Waals surface area contributed by atoms with E-state index in [2.05, 4.69) is 16.8 Å². The van der Waals surface area contributed by atoms with Crippen molar-refractivity contribution in [2.45, 2.75) is 24.5 Å². The fraction of sp³-hybridized carbons (Fsp3) is 0.909. The molecule has 2 aliphatic rings. The van der Waals surface area contributed by atoms with Gasteiger partial charge in [0, 0.05) is 29.3 Å². The quantitative estimate of drug-likeness (QED) is 0.448. The molecule has 2 rings (SSSR count). The summed E-state index contributed by atoms with van der Waals surface area (Å²) >= 11 is 4.05. The number of nitrogens with zero attached hydrogens (tertiary/aromatic N) is 2. The Kier molecular flexibility index (Phi) is 6.79. The molecule has 6 heteroatoms. The van der Waals surface area contributed by atoms with E-state index in [0.717, 1.165) is 25.6 Å². The van der Waals surface area contributed by atoms with E-state index in [1.807, 2.05) is 23.5 Å². The van der Waals surface area contributed by atoms with Gasteiger partial charge in [-0.05, 0) is 25.5 Å². The minimum atomic E-state index is 0. The molecule has 0 aliphatic carbocycles. The second kappa shape index (κ2) is 7.33. The molecule has 1 atom stereocenters. The summed E-state index contributed by atoms with van der Waals surface area (Å²) < 4.78 is 0.342. The van der Waals surface area contributed by atoms with Crippen molar-refractivity contribution in [2.24, 2.45) is 10.7 Å². The molecule has 2 heterocycles. The molecule has 17 heavy (non-hydrogen) atoms. The van der Waals surface area contributed by atoms with E-state index in [1.165, 1.54) is 30.1 Å². The van der Waals surface area contributed by atoms with Crippen LogP contribution in [-0.2, 0) is 0 Å². The Bertz CT molecular complexity index is 261. The van der Waals surface area contributed by atoms with Crippen molar-refractivity contribution in [3.8, 4) is 0 Å². The van der Waals surface area contributed by atoms with E-state index < -0.39 is 0 Å². The smallest absolute Gasteiger partial charge is 0.191 e. The highest BCUT2D eigenvalue weighted by atomic mass is 127. The highest BCUT2D eigenvalue weighted by Crippen LogP contribution is 2.37. The van der Waals surface area contributed by atoms with E-state index in [1.54, 1.807) is 0 Å². The maximum atomic E-state index is 6.04. The molecular weight excluding hydrogens is 365 g/mol. The number of hydrogen-bond donors (Lipinski definition) is 1. The Morgan fingerprint density at radius 3 is 2.65 bits per heavy atom. The van der Waals surface area contributed by atoms with Crippen molar-refractivity contribution >= 4 is 53.5 Å². The normalized spacial score (nSPS) is 30.2. The van der Waals surface area contributed by atoms with Gasteiger partial charge < -0.3 is 10.6 Å². The van der Waals surface area contributed by atoms with Crippen LogP contribution in [0, 0.1) is 0 Å². The van der Waals surface area contributed by atoms with Gasteiger partial charge in [-0.3, -0.25) is 4.99 Å². The first-order valence-electron chi connectivity index (χ1n) is 5.96. The van der Waals surface area contributed by atoms with Crippen LogP contribution in [0.1, 0.15) is 19.8 Å². The van der Waals surface area contributed by atoms with Crippen LogP contribution in [0.25, 0.3) is 0 Å². The van der Waals surface area contributed by atoms with Crippen LogP contribution in [0.15, 0.2) is 4.99 Å². The molecule has 2 fully saturated rings. The van der Waals surface area contributed by atoms with Crippen molar-refractivity contribution < 1.29 is 0 Å². The summed E-state index contributed by atoms with van der Waals surface area (Å²) in [4.78, 5) is 6.81. The van der Waals surface area contributed by atoms with Crippen LogP contribution in [-0.4, -0.2) is 52.5 Å². The van der Waals surface area contributed by atoms with Crippen LogP contribution in [0.4, 0.5) is 0 Å². The molecule has 0 aromatic rings. The number of hydrogen-bond acceptors (Lipinski definition) is 3. The predicted molar refractivity (Wildman–Crippen MR) is 90.9 cm³/mol. The van der Waals surface area contributed by atoms with Crippen molar-refractivity contribution in [3.63, 3.8) is 0 Å². The number of aliphatic imine (C=N–C) groups is 1. The van der Waals surface area contributed by atoms with Crippen LogP contribution >= 0.6 is 47.5 Å². The molecule has 2 saturated heterocycles.